The molecule has 0 aliphatic rings. The monoisotopic (exact) mass is 828 g/mol. The molecule has 0 aromatic carbocycles. The van der Waals surface area contributed by atoms with Crippen LogP contribution in [0.25, 0.3) is 0 Å². The number of aliphatic hydroxyl groups is 2. The summed E-state index contributed by atoms with van der Waals surface area (Å²) in [4.78, 5) is 24.4. The van der Waals surface area contributed by atoms with Crippen molar-refractivity contribution in [3.8, 4) is 0 Å². The Morgan fingerprint density at radius 1 is 0.475 bits per heavy atom. The second kappa shape index (κ2) is 48.5. The van der Waals surface area contributed by atoms with E-state index in [2.05, 4.69) is 55.6 Å². The normalized spacial score (nSPS) is 13.1. The van der Waals surface area contributed by atoms with E-state index in [-0.39, 0.29) is 18.5 Å². The number of carbonyl (C=O) groups is 2. The van der Waals surface area contributed by atoms with Gasteiger partial charge in [0.1, 0.15) is 0 Å². The van der Waals surface area contributed by atoms with Crippen LogP contribution in [0.3, 0.4) is 0 Å². The zero-order valence-corrected chi connectivity index (χ0v) is 39.0. The summed E-state index contributed by atoms with van der Waals surface area (Å²) in [6.45, 7) is 4.81. The predicted molar refractivity (Wildman–Crippen MR) is 255 cm³/mol. The number of carbonyl (C=O) groups excluding carboxylic acids is 2. The molecule has 2 unspecified atom stereocenters. The van der Waals surface area contributed by atoms with E-state index in [0.29, 0.717) is 19.4 Å². The average molecular weight is 828 g/mol. The van der Waals surface area contributed by atoms with Gasteiger partial charge < -0.3 is 20.3 Å². The number of rotatable bonds is 46. The molecule has 0 bridgehead atoms. The highest BCUT2D eigenvalue weighted by Gasteiger charge is 2.18. The Balaban J connectivity index is 3.55. The highest BCUT2D eigenvalue weighted by atomic mass is 16.5. The fourth-order valence-electron chi connectivity index (χ4n) is 7.36. The Bertz CT molecular complexity index is 1000. The third kappa shape index (κ3) is 45.2. The Labute approximate surface area is 366 Å². The smallest absolute Gasteiger partial charge is 0.305 e. The van der Waals surface area contributed by atoms with Crippen molar-refractivity contribution in [1.29, 1.82) is 0 Å². The van der Waals surface area contributed by atoms with Crippen LogP contribution in [0.15, 0.2) is 48.6 Å². The van der Waals surface area contributed by atoms with Gasteiger partial charge in [0.2, 0.25) is 5.91 Å². The van der Waals surface area contributed by atoms with E-state index in [1.165, 1.54) is 141 Å². The number of ether oxygens (including phenoxy) is 1. The van der Waals surface area contributed by atoms with Gasteiger partial charge in [0.15, 0.2) is 0 Å². The largest absolute Gasteiger partial charge is 0.466 e. The van der Waals surface area contributed by atoms with Gasteiger partial charge in [-0.05, 0) is 96.3 Å². The summed E-state index contributed by atoms with van der Waals surface area (Å²) in [5.74, 6) is -0.114. The second-order valence-corrected chi connectivity index (χ2v) is 17.1. The number of hydrogen-bond donors (Lipinski definition) is 3. The van der Waals surface area contributed by atoms with Crippen molar-refractivity contribution in [3.05, 3.63) is 48.6 Å². The highest BCUT2D eigenvalue weighted by Crippen LogP contribution is 2.14. The molecular formula is C53H97NO5. The number of aliphatic hydroxyl groups excluding tert-OH is 2. The lowest BCUT2D eigenvalue weighted by atomic mass is 10.0. The number of esters is 1. The van der Waals surface area contributed by atoms with Crippen LogP contribution in [0.2, 0.25) is 0 Å². The number of nitrogens with one attached hydrogen (secondary N) is 1. The number of unbranched alkanes of at least 4 members (excludes halogenated alkanes) is 29. The van der Waals surface area contributed by atoms with Crippen LogP contribution in [-0.2, 0) is 14.3 Å². The highest BCUT2D eigenvalue weighted by molar-refractivity contribution is 5.76. The molecule has 0 spiro atoms. The Hall–Kier alpha value is -2.18. The first-order chi connectivity index (χ1) is 29.0. The SMILES string of the molecule is CCCCC/C=C\CCCCCCCC(=O)OCCCCC/C=C\C/C=C\CCCCCCCCCC(=O)NC(CO)C(O)/C=C/CCCCCCCCCCCCC. The lowest BCUT2D eigenvalue weighted by molar-refractivity contribution is -0.143. The summed E-state index contributed by atoms with van der Waals surface area (Å²) in [5, 5.41) is 23.0. The maximum atomic E-state index is 12.4. The van der Waals surface area contributed by atoms with E-state index in [9.17, 15) is 19.8 Å². The third-order valence-electron chi connectivity index (χ3n) is 11.3. The van der Waals surface area contributed by atoms with Crippen molar-refractivity contribution in [2.45, 2.75) is 264 Å². The summed E-state index contributed by atoms with van der Waals surface area (Å²) < 4.78 is 5.42. The minimum atomic E-state index is -0.855. The molecule has 0 saturated heterocycles. The summed E-state index contributed by atoms with van der Waals surface area (Å²) in [6.07, 6.45) is 59.6. The van der Waals surface area contributed by atoms with Crippen molar-refractivity contribution in [2.75, 3.05) is 13.2 Å². The topological polar surface area (TPSA) is 95.9 Å². The van der Waals surface area contributed by atoms with Crippen LogP contribution in [0.1, 0.15) is 251 Å². The fraction of sp³-hybridized carbons (Fsp3) is 0.811. The minimum Gasteiger partial charge on any atom is -0.466 e. The molecule has 0 saturated carbocycles. The van der Waals surface area contributed by atoms with Crippen LogP contribution in [0, 0.1) is 0 Å². The molecule has 59 heavy (non-hydrogen) atoms. The molecule has 0 aromatic rings. The van der Waals surface area contributed by atoms with Crippen molar-refractivity contribution >= 4 is 11.9 Å². The quantitative estimate of drug-likeness (QED) is 0.0323. The van der Waals surface area contributed by atoms with Gasteiger partial charge in [-0.3, -0.25) is 9.59 Å². The van der Waals surface area contributed by atoms with E-state index in [1.807, 2.05) is 6.08 Å². The average Bonchev–Trinajstić information content (AvgIpc) is 3.24. The molecule has 344 valence electrons. The molecule has 0 aromatic heterocycles. The lowest BCUT2D eigenvalue weighted by Gasteiger charge is -2.20. The minimum absolute atomic E-state index is 0.0276. The first-order valence-electron chi connectivity index (χ1n) is 25.4. The van der Waals surface area contributed by atoms with Crippen LogP contribution >= 0.6 is 0 Å². The van der Waals surface area contributed by atoms with Crippen LogP contribution in [-0.4, -0.2) is 47.4 Å². The molecule has 0 rings (SSSR count). The van der Waals surface area contributed by atoms with Gasteiger partial charge in [-0.15, -0.1) is 0 Å². The van der Waals surface area contributed by atoms with Crippen molar-refractivity contribution in [1.82, 2.24) is 5.32 Å². The third-order valence-corrected chi connectivity index (χ3v) is 11.3. The van der Waals surface area contributed by atoms with Gasteiger partial charge in [-0.2, -0.15) is 0 Å². The van der Waals surface area contributed by atoms with Gasteiger partial charge in [0, 0.05) is 12.8 Å². The van der Waals surface area contributed by atoms with E-state index >= 15 is 0 Å². The van der Waals surface area contributed by atoms with Crippen LogP contribution < -0.4 is 5.32 Å². The zero-order valence-electron chi connectivity index (χ0n) is 39.0. The number of allylic oxidation sites excluding steroid dienone is 7. The van der Waals surface area contributed by atoms with E-state index < -0.39 is 12.1 Å². The molecule has 0 radical (unpaired) electrons. The molecule has 1 amide bonds. The number of amides is 1. The molecule has 3 N–H and O–H groups in total. The number of hydrogen-bond acceptors (Lipinski definition) is 5. The lowest BCUT2D eigenvalue weighted by Crippen LogP contribution is -2.45. The standard InChI is InChI=1S/C53H97NO5/c1-3-5-7-9-11-13-15-22-25-29-33-37-41-45-51(56)50(49-55)54-52(57)46-42-38-34-30-26-23-20-18-17-19-21-24-28-32-36-40-44-48-59-53(58)47-43-39-35-31-27-16-14-12-10-8-6-4-2/h12,14,17,19,24,28,41,45,50-51,55-56H,3-11,13,15-16,18,20-23,25-27,29-40,42-44,46-49H2,1-2H3,(H,54,57)/b14-12-,19-17-,28-24-,45-41+. The van der Waals surface area contributed by atoms with Gasteiger partial charge in [-0.1, -0.05) is 191 Å². The van der Waals surface area contributed by atoms with Crippen molar-refractivity contribution < 1.29 is 24.5 Å². The second-order valence-electron chi connectivity index (χ2n) is 17.1. The van der Waals surface area contributed by atoms with Crippen LogP contribution in [0.5, 0.6) is 0 Å². The van der Waals surface area contributed by atoms with Crippen LogP contribution in [0.4, 0.5) is 0 Å². The summed E-state index contributed by atoms with van der Waals surface area (Å²) in [5.41, 5.74) is 0. The first-order valence-corrected chi connectivity index (χ1v) is 25.4. The zero-order chi connectivity index (χ0) is 43.0. The summed E-state index contributed by atoms with van der Waals surface area (Å²) in [6, 6.07) is -0.640. The van der Waals surface area contributed by atoms with Crippen molar-refractivity contribution in [2.24, 2.45) is 0 Å². The predicted octanol–water partition coefficient (Wildman–Crippen LogP) is 15.1. The van der Waals surface area contributed by atoms with Gasteiger partial charge >= 0.3 is 5.97 Å². The molecule has 0 aliphatic heterocycles. The molecule has 0 fully saturated rings. The summed E-state index contributed by atoms with van der Waals surface area (Å²) >= 11 is 0. The molecule has 6 nitrogen and oxygen atoms in total. The Morgan fingerprint density at radius 2 is 0.847 bits per heavy atom. The Morgan fingerprint density at radius 3 is 1.34 bits per heavy atom. The maximum absolute atomic E-state index is 12.4. The fourth-order valence-corrected chi connectivity index (χ4v) is 7.36. The van der Waals surface area contributed by atoms with Gasteiger partial charge in [-0.25, -0.2) is 0 Å². The Kier molecular flexibility index (Phi) is 46.7. The van der Waals surface area contributed by atoms with Gasteiger partial charge in [0.25, 0.3) is 0 Å². The molecule has 0 heterocycles. The maximum Gasteiger partial charge on any atom is 0.305 e. The summed E-state index contributed by atoms with van der Waals surface area (Å²) in [7, 11) is 0. The van der Waals surface area contributed by atoms with Gasteiger partial charge in [0.05, 0.1) is 25.4 Å². The van der Waals surface area contributed by atoms with E-state index in [1.54, 1.807) is 6.08 Å². The van der Waals surface area contributed by atoms with Crippen molar-refractivity contribution in [3.63, 3.8) is 0 Å². The molecule has 0 aliphatic carbocycles. The van der Waals surface area contributed by atoms with E-state index in [0.717, 1.165) is 83.5 Å². The first kappa shape index (κ1) is 56.8. The van der Waals surface area contributed by atoms with E-state index in [4.69, 9.17) is 4.74 Å². The molecule has 6 heteroatoms. The molecular weight excluding hydrogens is 731 g/mol. The molecule has 2 atom stereocenters.